The third kappa shape index (κ3) is 3.68. The number of anilines is 2. The molecule has 2 rings (SSSR count). The number of aromatic nitrogens is 2. The van der Waals surface area contributed by atoms with Crippen molar-refractivity contribution in [2.45, 2.75) is 33.1 Å². The number of hydrogen-bond donors (Lipinski definition) is 2. The summed E-state index contributed by atoms with van der Waals surface area (Å²) in [5.74, 6) is 1.34. The van der Waals surface area contributed by atoms with Crippen LogP contribution in [0.25, 0.3) is 0 Å². The molecule has 0 amide bonds. The van der Waals surface area contributed by atoms with Gasteiger partial charge in [0.2, 0.25) is 0 Å². The van der Waals surface area contributed by atoms with E-state index in [4.69, 9.17) is 5.73 Å². The van der Waals surface area contributed by atoms with Gasteiger partial charge in [-0.25, -0.2) is 14.4 Å². The van der Waals surface area contributed by atoms with E-state index in [1.807, 2.05) is 13.0 Å². The zero-order valence-corrected chi connectivity index (χ0v) is 12.7. The van der Waals surface area contributed by atoms with Crippen LogP contribution >= 0.6 is 0 Å². The minimum Gasteiger partial charge on any atom is -0.383 e. The lowest BCUT2D eigenvalue weighted by Gasteiger charge is -2.15. The van der Waals surface area contributed by atoms with Crippen molar-refractivity contribution in [3.63, 3.8) is 0 Å². The fourth-order valence-corrected chi connectivity index (χ4v) is 2.37. The third-order valence-corrected chi connectivity index (χ3v) is 3.48. The van der Waals surface area contributed by atoms with Crippen LogP contribution in [-0.4, -0.2) is 16.5 Å². The quantitative estimate of drug-likeness (QED) is 0.886. The Labute approximate surface area is 124 Å². The number of nitrogens with two attached hydrogens (primary N) is 1. The molecule has 0 aliphatic carbocycles. The van der Waals surface area contributed by atoms with Crippen molar-refractivity contribution < 1.29 is 4.39 Å². The average Bonchev–Trinajstić information content (AvgIpc) is 2.41. The number of halogens is 1. The Bertz CT molecular complexity index is 626. The monoisotopic (exact) mass is 288 g/mol. The molecular formula is C16H21FN4. The fourth-order valence-electron chi connectivity index (χ4n) is 2.37. The van der Waals surface area contributed by atoms with Crippen molar-refractivity contribution >= 4 is 11.6 Å². The average molecular weight is 288 g/mol. The highest BCUT2D eigenvalue weighted by Gasteiger charge is 2.12. The first-order valence-electron chi connectivity index (χ1n) is 7.08. The zero-order valence-electron chi connectivity index (χ0n) is 12.7. The van der Waals surface area contributed by atoms with E-state index in [9.17, 15) is 4.39 Å². The van der Waals surface area contributed by atoms with E-state index in [0.29, 0.717) is 12.4 Å². The molecule has 0 atom stereocenters. The minimum absolute atomic E-state index is 0.199. The predicted octanol–water partition coefficient (Wildman–Crippen LogP) is 3.28. The zero-order chi connectivity index (χ0) is 15.4. The lowest BCUT2D eigenvalue weighted by molar-refractivity contribution is 0.625. The van der Waals surface area contributed by atoms with Crippen LogP contribution in [0.2, 0.25) is 0 Å². The van der Waals surface area contributed by atoms with Crippen LogP contribution in [-0.2, 0) is 6.42 Å². The first kappa shape index (κ1) is 15.2. The molecule has 1 aromatic carbocycles. The van der Waals surface area contributed by atoms with Gasteiger partial charge in [0.1, 0.15) is 23.8 Å². The number of aryl methyl sites for hydroxylation is 1. The normalized spacial score (nSPS) is 10.9. The minimum atomic E-state index is -0.199. The van der Waals surface area contributed by atoms with Crippen molar-refractivity contribution in [2.75, 3.05) is 17.6 Å². The Balaban J connectivity index is 2.05. The summed E-state index contributed by atoms with van der Waals surface area (Å²) >= 11 is 0. The highest BCUT2D eigenvalue weighted by Crippen LogP contribution is 2.26. The molecule has 0 saturated carbocycles. The van der Waals surface area contributed by atoms with Gasteiger partial charge in [-0.05, 0) is 42.5 Å². The third-order valence-electron chi connectivity index (χ3n) is 3.48. The molecule has 0 saturated heterocycles. The first-order valence-corrected chi connectivity index (χ1v) is 7.08. The highest BCUT2D eigenvalue weighted by atomic mass is 19.1. The maximum atomic E-state index is 13.1. The van der Waals surface area contributed by atoms with Crippen LogP contribution in [0, 0.1) is 12.7 Å². The lowest BCUT2D eigenvalue weighted by atomic mass is 10.0. The van der Waals surface area contributed by atoms with E-state index < -0.39 is 0 Å². The Hall–Kier alpha value is -2.17. The van der Waals surface area contributed by atoms with Gasteiger partial charge in [0.05, 0.1) is 0 Å². The molecular weight excluding hydrogens is 267 g/mol. The van der Waals surface area contributed by atoms with Gasteiger partial charge in [0.15, 0.2) is 0 Å². The van der Waals surface area contributed by atoms with Gasteiger partial charge in [-0.3, -0.25) is 0 Å². The second kappa shape index (κ2) is 6.52. The SMILES string of the molecule is Cc1cc(F)ccc1CCNc1ncnc(N)c1C(C)C. The maximum Gasteiger partial charge on any atom is 0.134 e. The lowest BCUT2D eigenvalue weighted by Crippen LogP contribution is -2.12. The van der Waals surface area contributed by atoms with Gasteiger partial charge in [0, 0.05) is 12.1 Å². The summed E-state index contributed by atoms with van der Waals surface area (Å²) in [5, 5.41) is 3.30. The number of nitrogens with zero attached hydrogens (tertiary/aromatic N) is 2. The second-order valence-electron chi connectivity index (χ2n) is 5.42. The van der Waals surface area contributed by atoms with E-state index in [1.165, 1.54) is 12.4 Å². The number of nitrogen functional groups attached to an aromatic ring is 1. The number of rotatable bonds is 5. The van der Waals surface area contributed by atoms with Crippen LogP contribution in [0.15, 0.2) is 24.5 Å². The van der Waals surface area contributed by atoms with Crippen LogP contribution in [0.3, 0.4) is 0 Å². The van der Waals surface area contributed by atoms with Crippen LogP contribution in [0.5, 0.6) is 0 Å². The topological polar surface area (TPSA) is 63.8 Å². The molecule has 5 heteroatoms. The van der Waals surface area contributed by atoms with Crippen molar-refractivity contribution in [2.24, 2.45) is 0 Å². The van der Waals surface area contributed by atoms with Gasteiger partial charge in [-0.1, -0.05) is 19.9 Å². The van der Waals surface area contributed by atoms with E-state index >= 15 is 0 Å². The molecule has 21 heavy (non-hydrogen) atoms. The molecule has 0 aliphatic rings. The van der Waals surface area contributed by atoms with Gasteiger partial charge in [0.25, 0.3) is 0 Å². The van der Waals surface area contributed by atoms with Gasteiger partial charge in [-0.2, -0.15) is 0 Å². The van der Waals surface area contributed by atoms with Gasteiger partial charge < -0.3 is 11.1 Å². The van der Waals surface area contributed by atoms with E-state index in [-0.39, 0.29) is 11.7 Å². The molecule has 0 radical (unpaired) electrons. The van der Waals surface area contributed by atoms with E-state index in [1.54, 1.807) is 6.07 Å². The molecule has 4 nitrogen and oxygen atoms in total. The summed E-state index contributed by atoms with van der Waals surface area (Å²) in [7, 11) is 0. The highest BCUT2D eigenvalue weighted by molar-refractivity contribution is 5.56. The molecule has 0 unspecified atom stereocenters. The molecule has 0 bridgehead atoms. The van der Waals surface area contributed by atoms with Crippen molar-refractivity contribution in [3.05, 3.63) is 47.0 Å². The first-order chi connectivity index (χ1) is 9.99. The molecule has 112 valence electrons. The molecule has 0 aliphatic heterocycles. The van der Waals surface area contributed by atoms with Crippen LogP contribution < -0.4 is 11.1 Å². The molecule has 1 heterocycles. The summed E-state index contributed by atoms with van der Waals surface area (Å²) in [6.45, 7) is 6.75. The van der Waals surface area contributed by atoms with Crippen LogP contribution in [0.4, 0.5) is 16.0 Å². The van der Waals surface area contributed by atoms with E-state index in [2.05, 4.69) is 29.1 Å². The largest absolute Gasteiger partial charge is 0.383 e. The Morgan fingerprint density at radius 3 is 2.71 bits per heavy atom. The number of nitrogens with one attached hydrogen (secondary N) is 1. The summed E-state index contributed by atoms with van der Waals surface area (Å²) in [5.41, 5.74) is 8.93. The van der Waals surface area contributed by atoms with Crippen LogP contribution in [0.1, 0.15) is 36.5 Å². The summed E-state index contributed by atoms with van der Waals surface area (Å²) in [4.78, 5) is 8.30. The van der Waals surface area contributed by atoms with Gasteiger partial charge >= 0.3 is 0 Å². The molecule has 1 aromatic heterocycles. The number of benzene rings is 1. The summed E-state index contributed by atoms with van der Waals surface area (Å²) in [6, 6.07) is 4.87. The fraction of sp³-hybridized carbons (Fsp3) is 0.375. The smallest absolute Gasteiger partial charge is 0.134 e. The molecule has 0 spiro atoms. The Morgan fingerprint density at radius 1 is 1.29 bits per heavy atom. The van der Waals surface area contributed by atoms with E-state index in [0.717, 1.165) is 28.9 Å². The van der Waals surface area contributed by atoms with Gasteiger partial charge in [-0.15, -0.1) is 0 Å². The number of hydrogen-bond acceptors (Lipinski definition) is 4. The van der Waals surface area contributed by atoms with Crippen molar-refractivity contribution in [3.8, 4) is 0 Å². The maximum absolute atomic E-state index is 13.1. The summed E-state index contributed by atoms with van der Waals surface area (Å²) < 4.78 is 13.1. The van der Waals surface area contributed by atoms with Crippen molar-refractivity contribution in [1.82, 2.24) is 9.97 Å². The Kier molecular flexibility index (Phi) is 4.73. The van der Waals surface area contributed by atoms with Crippen molar-refractivity contribution in [1.29, 1.82) is 0 Å². The summed E-state index contributed by atoms with van der Waals surface area (Å²) in [6.07, 6.45) is 2.26. The molecule has 2 aromatic rings. The second-order valence-corrected chi connectivity index (χ2v) is 5.42. The molecule has 3 N–H and O–H groups in total. The standard InChI is InChI=1S/C16H21FN4/c1-10(2)14-15(18)20-9-21-16(14)19-7-6-12-4-5-13(17)8-11(12)3/h4-5,8-10H,6-7H2,1-3H3,(H3,18,19,20,21). The molecule has 0 fully saturated rings. The Morgan fingerprint density at radius 2 is 2.05 bits per heavy atom. The predicted molar refractivity (Wildman–Crippen MR) is 83.9 cm³/mol.